The molecule has 0 aliphatic carbocycles. The highest BCUT2D eigenvalue weighted by molar-refractivity contribution is 8.00. The second-order valence-electron chi connectivity index (χ2n) is 6.29. The lowest BCUT2D eigenvalue weighted by Gasteiger charge is -2.33. The van der Waals surface area contributed by atoms with Crippen LogP contribution in [-0.4, -0.2) is 42.9 Å². The molecule has 2 heterocycles. The summed E-state index contributed by atoms with van der Waals surface area (Å²) in [5, 5.41) is 4.29. The molecule has 110 valence electrons. The van der Waals surface area contributed by atoms with Gasteiger partial charge in [-0.15, -0.1) is 11.8 Å². The zero-order valence-electron chi connectivity index (χ0n) is 12.5. The average Bonchev–Trinajstić information content (AvgIpc) is 2.96. The van der Waals surface area contributed by atoms with Crippen LogP contribution in [0.4, 0.5) is 0 Å². The second-order valence-corrected chi connectivity index (χ2v) is 7.66. The van der Waals surface area contributed by atoms with Gasteiger partial charge in [0.1, 0.15) is 0 Å². The fourth-order valence-corrected chi connectivity index (χ4v) is 4.38. The molecule has 0 bridgehead atoms. The fourth-order valence-electron chi connectivity index (χ4n) is 3.25. The molecule has 1 atom stereocenters. The lowest BCUT2D eigenvalue weighted by Crippen LogP contribution is -2.38. The van der Waals surface area contributed by atoms with Gasteiger partial charge in [-0.1, -0.05) is 17.7 Å². The fraction of sp³-hybridized carbons (Fsp3) is 0.647. The summed E-state index contributed by atoms with van der Waals surface area (Å²) in [5.41, 5.74) is 1.36. The van der Waals surface area contributed by atoms with Gasteiger partial charge in [-0.3, -0.25) is 0 Å². The third kappa shape index (κ3) is 4.00. The number of aryl methyl sites for hydroxylation is 1. The van der Waals surface area contributed by atoms with Gasteiger partial charge in [0.15, 0.2) is 0 Å². The number of benzene rings is 1. The maximum Gasteiger partial charge on any atom is 0.0119 e. The van der Waals surface area contributed by atoms with Crippen molar-refractivity contribution in [1.29, 1.82) is 0 Å². The Kier molecular flexibility index (Phi) is 5.03. The first-order valence-corrected chi connectivity index (χ1v) is 8.84. The lowest BCUT2D eigenvalue weighted by atomic mass is 10.1. The van der Waals surface area contributed by atoms with E-state index in [4.69, 9.17) is 0 Å². The van der Waals surface area contributed by atoms with Gasteiger partial charge in [0.2, 0.25) is 0 Å². The molecule has 0 spiro atoms. The Labute approximate surface area is 127 Å². The van der Waals surface area contributed by atoms with E-state index in [-0.39, 0.29) is 0 Å². The number of nitrogens with one attached hydrogen (secondary N) is 1. The molecule has 1 N–H and O–H groups in total. The van der Waals surface area contributed by atoms with Gasteiger partial charge >= 0.3 is 0 Å². The Hall–Kier alpha value is -0.510. The SMILES string of the molecule is Cc1ccc(SC2CCN(CC3CCNC3)CC2)cc1. The molecular weight excluding hydrogens is 264 g/mol. The van der Waals surface area contributed by atoms with E-state index in [1.807, 2.05) is 0 Å². The van der Waals surface area contributed by atoms with Crippen molar-refractivity contribution in [3.8, 4) is 0 Å². The molecule has 2 saturated heterocycles. The molecular formula is C17H26N2S. The highest BCUT2D eigenvalue weighted by Gasteiger charge is 2.23. The molecule has 0 amide bonds. The molecule has 2 fully saturated rings. The van der Waals surface area contributed by atoms with Crippen LogP contribution in [0.3, 0.4) is 0 Å². The lowest BCUT2D eigenvalue weighted by molar-refractivity contribution is 0.204. The Balaban J connectivity index is 1.42. The Bertz CT molecular complexity index is 404. The minimum absolute atomic E-state index is 0.815. The van der Waals surface area contributed by atoms with Crippen molar-refractivity contribution >= 4 is 11.8 Å². The van der Waals surface area contributed by atoms with Crippen molar-refractivity contribution in [2.45, 2.75) is 36.3 Å². The molecule has 2 nitrogen and oxygen atoms in total. The number of piperidine rings is 1. The highest BCUT2D eigenvalue weighted by Crippen LogP contribution is 2.30. The molecule has 2 aliphatic heterocycles. The predicted octanol–water partition coefficient (Wildman–Crippen LogP) is 3.16. The number of nitrogens with zero attached hydrogens (tertiary/aromatic N) is 1. The summed E-state index contributed by atoms with van der Waals surface area (Å²) in [6.07, 6.45) is 4.06. The Morgan fingerprint density at radius 1 is 1.15 bits per heavy atom. The monoisotopic (exact) mass is 290 g/mol. The smallest absolute Gasteiger partial charge is 0.0119 e. The molecule has 3 heteroatoms. The van der Waals surface area contributed by atoms with Crippen LogP contribution in [0.1, 0.15) is 24.8 Å². The van der Waals surface area contributed by atoms with E-state index in [1.54, 1.807) is 0 Å². The van der Waals surface area contributed by atoms with E-state index in [0.29, 0.717) is 0 Å². The molecule has 3 rings (SSSR count). The molecule has 1 aromatic carbocycles. The first-order chi connectivity index (χ1) is 9.79. The van der Waals surface area contributed by atoms with Crippen LogP contribution < -0.4 is 5.32 Å². The van der Waals surface area contributed by atoms with Gasteiger partial charge in [-0.25, -0.2) is 0 Å². The van der Waals surface area contributed by atoms with Crippen LogP contribution in [0.5, 0.6) is 0 Å². The van der Waals surface area contributed by atoms with Crippen molar-refractivity contribution in [1.82, 2.24) is 10.2 Å². The molecule has 1 aromatic rings. The zero-order chi connectivity index (χ0) is 13.8. The van der Waals surface area contributed by atoms with E-state index in [9.17, 15) is 0 Å². The Morgan fingerprint density at radius 3 is 2.55 bits per heavy atom. The number of likely N-dealkylation sites (tertiary alicyclic amines) is 1. The van der Waals surface area contributed by atoms with E-state index >= 15 is 0 Å². The molecule has 0 radical (unpaired) electrons. The summed E-state index contributed by atoms with van der Waals surface area (Å²) in [5.74, 6) is 0.899. The van der Waals surface area contributed by atoms with Crippen molar-refractivity contribution in [2.24, 2.45) is 5.92 Å². The van der Waals surface area contributed by atoms with E-state index < -0.39 is 0 Å². The van der Waals surface area contributed by atoms with Gasteiger partial charge in [0.05, 0.1) is 0 Å². The molecule has 20 heavy (non-hydrogen) atoms. The first-order valence-electron chi connectivity index (χ1n) is 7.96. The topological polar surface area (TPSA) is 15.3 Å². The van der Waals surface area contributed by atoms with Crippen molar-refractivity contribution < 1.29 is 0 Å². The predicted molar refractivity (Wildman–Crippen MR) is 87.5 cm³/mol. The summed E-state index contributed by atoms with van der Waals surface area (Å²) in [7, 11) is 0. The molecule has 1 unspecified atom stereocenters. The molecule has 2 aliphatic rings. The summed E-state index contributed by atoms with van der Waals surface area (Å²) in [6.45, 7) is 8.52. The third-order valence-corrected chi connectivity index (χ3v) is 5.89. The normalized spacial score (nSPS) is 25.1. The average molecular weight is 290 g/mol. The zero-order valence-corrected chi connectivity index (χ0v) is 13.3. The summed E-state index contributed by atoms with van der Waals surface area (Å²) < 4.78 is 0. The number of hydrogen-bond donors (Lipinski definition) is 1. The number of rotatable bonds is 4. The van der Waals surface area contributed by atoms with Crippen molar-refractivity contribution in [3.05, 3.63) is 29.8 Å². The maximum absolute atomic E-state index is 3.48. The van der Waals surface area contributed by atoms with Gasteiger partial charge in [0.25, 0.3) is 0 Å². The minimum atomic E-state index is 0.815. The van der Waals surface area contributed by atoms with Crippen molar-refractivity contribution in [2.75, 3.05) is 32.7 Å². The largest absolute Gasteiger partial charge is 0.316 e. The van der Waals surface area contributed by atoms with Gasteiger partial charge < -0.3 is 10.2 Å². The van der Waals surface area contributed by atoms with Crippen molar-refractivity contribution in [3.63, 3.8) is 0 Å². The molecule has 0 saturated carbocycles. The summed E-state index contributed by atoms with van der Waals surface area (Å²) >= 11 is 2.08. The summed E-state index contributed by atoms with van der Waals surface area (Å²) in [6, 6.07) is 9.00. The van der Waals surface area contributed by atoms with Crippen LogP contribution in [-0.2, 0) is 0 Å². The molecule has 0 aromatic heterocycles. The maximum atomic E-state index is 3.48. The standard InChI is InChI=1S/C17H26N2S/c1-14-2-4-16(5-3-14)20-17-7-10-19(11-8-17)13-15-6-9-18-12-15/h2-5,15,17-18H,6-13H2,1H3. The van der Waals surface area contributed by atoms with Crippen LogP contribution >= 0.6 is 11.8 Å². The third-order valence-electron chi connectivity index (χ3n) is 4.54. The van der Waals surface area contributed by atoms with E-state index in [0.717, 1.165) is 11.2 Å². The number of thioether (sulfide) groups is 1. The van der Waals surface area contributed by atoms with Crippen LogP contribution in [0.2, 0.25) is 0 Å². The minimum Gasteiger partial charge on any atom is -0.316 e. The first kappa shape index (κ1) is 14.4. The van der Waals surface area contributed by atoms with Gasteiger partial charge in [-0.05, 0) is 70.4 Å². The van der Waals surface area contributed by atoms with E-state index in [1.165, 1.54) is 62.4 Å². The number of hydrogen-bond acceptors (Lipinski definition) is 3. The van der Waals surface area contributed by atoms with Crippen LogP contribution in [0.25, 0.3) is 0 Å². The Morgan fingerprint density at radius 2 is 1.90 bits per heavy atom. The second kappa shape index (κ2) is 6.97. The van der Waals surface area contributed by atoms with E-state index in [2.05, 4.69) is 53.2 Å². The van der Waals surface area contributed by atoms with Crippen LogP contribution in [0.15, 0.2) is 29.2 Å². The van der Waals surface area contributed by atoms with Gasteiger partial charge in [-0.2, -0.15) is 0 Å². The van der Waals surface area contributed by atoms with Gasteiger partial charge in [0, 0.05) is 16.7 Å². The highest BCUT2D eigenvalue weighted by atomic mass is 32.2. The summed E-state index contributed by atoms with van der Waals surface area (Å²) in [4.78, 5) is 4.12. The van der Waals surface area contributed by atoms with Crippen LogP contribution in [0, 0.1) is 12.8 Å². The quantitative estimate of drug-likeness (QED) is 0.917.